The number of rotatable bonds is 3. The molecule has 2 aliphatic heterocycles. The molecule has 7 heteroatoms. The van der Waals surface area contributed by atoms with Crippen LogP contribution in [0.5, 0.6) is 5.75 Å². The summed E-state index contributed by atoms with van der Waals surface area (Å²) >= 11 is 0. The molecule has 2 N–H and O–H groups in total. The second kappa shape index (κ2) is 7.22. The minimum atomic E-state index is -0.921. The van der Waals surface area contributed by atoms with E-state index >= 15 is 4.39 Å². The Bertz CT molecular complexity index is 1030. The Kier molecular flexibility index (Phi) is 4.54. The monoisotopic (exact) mass is 393 g/mol. The van der Waals surface area contributed by atoms with E-state index in [0.717, 1.165) is 36.5 Å². The Balaban J connectivity index is 1.41. The lowest BCUT2D eigenvalue weighted by atomic mass is 9.82. The van der Waals surface area contributed by atoms with Crippen LogP contribution in [0.15, 0.2) is 42.7 Å². The van der Waals surface area contributed by atoms with Gasteiger partial charge in [-0.05, 0) is 55.0 Å². The predicted octanol–water partition coefficient (Wildman–Crippen LogP) is 3.45. The largest absolute Gasteiger partial charge is 0.507 e. The number of halogens is 1. The molecular formula is C22H24FN5O. The molecule has 2 bridgehead atoms. The fourth-order valence-corrected chi connectivity index (χ4v) is 4.71. The summed E-state index contributed by atoms with van der Waals surface area (Å²) < 4.78 is 15.0. The number of hydrogen-bond acceptors (Lipinski definition) is 6. The highest BCUT2D eigenvalue weighted by Crippen LogP contribution is 2.34. The summed E-state index contributed by atoms with van der Waals surface area (Å²) in [4.78, 5) is 6.05. The third-order valence-electron chi connectivity index (χ3n) is 6.34. The van der Waals surface area contributed by atoms with Crippen molar-refractivity contribution in [2.24, 2.45) is 0 Å². The Hall–Kier alpha value is -2.80. The van der Waals surface area contributed by atoms with E-state index in [1.54, 1.807) is 18.5 Å². The average Bonchev–Trinajstić information content (AvgIpc) is 2.76. The SMILES string of the molecule is CN(c1ccc(-c2cc3cnccc3cc2O)nn1)[C@H]1C[C@@H]2CCC[C@@H](N2)[C@H]1F. The molecule has 0 radical (unpaired) electrons. The molecule has 150 valence electrons. The van der Waals surface area contributed by atoms with E-state index in [9.17, 15) is 5.11 Å². The summed E-state index contributed by atoms with van der Waals surface area (Å²) in [5.74, 6) is 0.789. The van der Waals surface area contributed by atoms with Gasteiger partial charge in [0.1, 0.15) is 11.9 Å². The summed E-state index contributed by atoms with van der Waals surface area (Å²) in [6.07, 6.45) is 6.39. The summed E-state index contributed by atoms with van der Waals surface area (Å²) in [7, 11) is 1.89. The van der Waals surface area contributed by atoms with E-state index in [4.69, 9.17) is 0 Å². The molecule has 0 spiro atoms. The van der Waals surface area contributed by atoms with Gasteiger partial charge in [-0.1, -0.05) is 6.42 Å². The van der Waals surface area contributed by atoms with Crippen molar-refractivity contribution in [3.8, 4) is 17.0 Å². The normalized spacial score (nSPS) is 26.4. The molecule has 2 aromatic heterocycles. The summed E-state index contributed by atoms with van der Waals surface area (Å²) in [6.45, 7) is 0. The van der Waals surface area contributed by atoms with Crippen LogP contribution in [-0.4, -0.2) is 51.6 Å². The van der Waals surface area contributed by atoms with Gasteiger partial charge in [-0.25, -0.2) is 4.39 Å². The van der Waals surface area contributed by atoms with E-state index < -0.39 is 6.17 Å². The van der Waals surface area contributed by atoms with Crippen LogP contribution in [0.25, 0.3) is 22.0 Å². The van der Waals surface area contributed by atoms with Gasteiger partial charge >= 0.3 is 0 Å². The van der Waals surface area contributed by atoms with Crippen LogP contribution in [0.2, 0.25) is 0 Å². The van der Waals surface area contributed by atoms with Gasteiger partial charge in [-0.2, -0.15) is 0 Å². The van der Waals surface area contributed by atoms with Gasteiger partial charge in [-0.15, -0.1) is 10.2 Å². The number of pyridine rings is 1. The Morgan fingerprint density at radius 2 is 2.03 bits per heavy atom. The van der Waals surface area contributed by atoms with Gasteiger partial charge in [0.05, 0.1) is 11.7 Å². The van der Waals surface area contributed by atoms with Gasteiger partial charge in [-0.3, -0.25) is 4.98 Å². The minimum Gasteiger partial charge on any atom is -0.507 e. The number of hydrogen-bond donors (Lipinski definition) is 2. The van der Waals surface area contributed by atoms with Crippen LogP contribution >= 0.6 is 0 Å². The zero-order valence-electron chi connectivity index (χ0n) is 16.3. The maximum absolute atomic E-state index is 15.0. The molecule has 0 saturated carbocycles. The number of piperidine rings is 2. The minimum absolute atomic E-state index is 0.0645. The second-order valence-electron chi connectivity index (χ2n) is 8.13. The third-order valence-corrected chi connectivity index (χ3v) is 6.34. The molecule has 2 saturated heterocycles. The van der Waals surface area contributed by atoms with Crippen molar-refractivity contribution in [1.82, 2.24) is 20.5 Å². The first-order valence-electron chi connectivity index (χ1n) is 10.1. The van der Waals surface area contributed by atoms with Crippen LogP contribution in [-0.2, 0) is 0 Å². The van der Waals surface area contributed by atoms with E-state index in [2.05, 4.69) is 20.5 Å². The first-order chi connectivity index (χ1) is 14.1. The number of anilines is 1. The first kappa shape index (κ1) is 18.2. The van der Waals surface area contributed by atoms with E-state index in [1.165, 1.54) is 0 Å². The zero-order chi connectivity index (χ0) is 20.0. The van der Waals surface area contributed by atoms with Crippen LogP contribution in [0.3, 0.4) is 0 Å². The highest BCUT2D eigenvalue weighted by molar-refractivity contribution is 5.89. The van der Waals surface area contributed by atoms with E-state index in [1.807, 2.05) is 36.2 Å². The molecule has 4 heterocycles. The molecule has 6 nitrogen and oxygen atoms in total. The van der Waals surface area contributed by atoms with Crippen LogP contribution < -0.4 is 10.2 Å². The maximum Gasteiger partial charge on any atom is 0.151 e. The fraction of sp³-hybridized carbons (Fsp3) is 0.409. The van der Waals surface area contributed by atoms with Crippen LogP contribution in [0.4, 0.5) is 10.2 Å². The van der Waals surface area contributed by atoms with E-state index in [0.29, 0.717) is 23.1 Å². The summed E-state index contributed by atoms with van der Waals surface area (Å²) in [5.41, 5.74) is 1.18. The van der Waals surface area contributed by atoms with Crippen molar-refractivity contribution < 1.29 is 9.50 Å². The van der Waals surface area contributed by atoms with Crippen molar-refractivity contribution >= 4 is 16.6 Å². The lowest BCUT2D eigenvalue weighted by Gasteiger charge is -2.46. The van der Waals surface area contributed by atoms with Crippen LogP contribution in [0, 0.1) is 0 Å². The molecule has 3 aromatic rings. The van der Waals surface area contributed by atoms with Crippen molar-refractivity contribution in [3.05, 3.63) is 42.7 Å². The number of alkyl halides is 1. The molecule has 0 aliphatic carbocycles. The smallest absolute Gasteiger partial charge is 0.151 e. The number of aromatic hydroxyl groups is 1. The maximum atomic E-state index is 15.0. The zero-order valence-corrected chi connectivity index (χ0v) is 16.3. The molecule has 2 aliphatic rings. The number of phenolic OH excluding ortho intramolecular Hbond substituents is 1. The highest BCUT2D eigenvalue weighted by atomic mass is 19.1. The van der Waals surface area contributed by atoms with Gasteiger partial charge < -0.3 is 15.3 Å². The summed E-state index contributed by atoms with van der Waals surface area (Å²) in [5, 5.41) is 24.3. The number of phenols is 1. The lowest BCUT2D eigenvalue weighted by molar-refractivity contribution is 0.107. The molecule has 4 atom stereocenters. The van der Waals surface area contributed by atoms with Gasteiger partial charge in [0, 0.05) is 42.5 Å². The molecule has 0 unspecified atom stereocenters. The third kappa shape index (κ3) is 3.29. The molecule has 0 amide bonds. The standard InChI is InChI=1S/C22H24FN5O/c1-28(19-11-15-3-2-4-18(25-15)22(19)23)21-6-5-17(26-27-21)16-9-14-12-24-8-7-13(14)10-20(16)29/h5-10,12,15,18-19,22,25,29H,2-4,11H2,1H3/t15-,18+,19-,22+/m0/s1. The molecule has 2 fully saturated rings. The number of nitrogens with one attached hydrogen (secondary N) is 1. The van der Waals surface area contributed by atoms with Crippen LogP contribution in [0.1, 0.15) is 25.7 Å². The predicted molar refractivity (Wildman–Crippen MR) is 111 cm³/mol. The average molecular weight is 393 g/mol. The number of nitrogens with zero attached hydrogens (tertiary/aromatic N) is 4. The summed E-state index contributed by atoms with van der Waals surface area (Å²) in [6, 6.07) is 9.20. The van der Waals surface area contributed by atoms with E-state index in [-0.39, 0.29) is 17.8 Å². The highest BCUT2D eigenvalue weighted by Gasteiger charge is 2.41. The number of fused-ring (bicyclic) bond motifs is 3. The number of aromatic nitrogens is 3. The van der Waals surface area contributed by atoms with Crippen molar-refractivity contribution in [2.75, 3.05) is 11.9 Å². The molecule has 1 aromatic carbocycles. The Morgan fingerprint density at radius 1 is 1.14 bits per heavy atom. The topological polar surface area (TPSA) is 74.2 Å². The fourth-order valence-electron chi connectivity index (χ4n) is 4.71. The van der Waals surface area contributed by atoms with Crippen molar-refractivity contribution in [3.63, 3.8) is 0 Å². The quantitative estimate of drug-likeness (QED) is 0.710. The van der Waals surface area contributed by atoms with Gasteiger partial charge in [0.25, 0.3) is 0 Å². The van der Waals surface area contributed by atoms with Gasteiger partial charge in [0.2, 0.25) is 0 Å². The van der Waals surface area contributed by atoms with Gasteiger partial charge in [0.15, 0.2) is 5.82 Å². The number of benzene rings is 1. The molecule has 29 heavy (non-hydrogen) atoms. The molecular weight excluding hydrogens is 369 g/mol. The molecule has 5 rings (SSSR count). The lowest BCUT2D eigenvalue weighted by Crippen LogP contribution is -2.61. The first-order valence-corrected chi connectivity index (χ1v) is 10.1. The second-order valence-corrected chi connectivity index (χ2v) is 8.13. The van der Waals surface area contributed by atoms with Crippen molar-refractivity contribution in [1.29, 1.82) is 0 Å². The van der Waals surface area contributed by atoms with Crippen molar-refractivity contribution in [2.45, 2.75) is 50.0 Å². The Labute approximate surface area is 168 Å². The Morgan fingerprint density at radius 3 is 2.86 bits per heavy atom.